The lowest BCUT2D eigenvalue weighted by Crippen LogP contribution is -2.22. The van der Waals surface area contributed by atoms with Crippen LogP contribution >= 0.6 is 0 Å². The number of carbonyl (C=O) groups is 2. The number of nitrogens with zero attached hydrogens (tertiary/aromatic N) is 1. The Morgan fingerprint density at radius 3 is 2.44 bits per heavy atom. The minimum absolute atomic E-state index is 0.111. The zero-order chi connectivity index (χ0) is 18.5. The van der Waals surface area contributed by atoms with Crippen LogP contribution in [0.4, 0.5) is 5.69 Å². The van der Waals surface area contributed by atoms with Crippen LogP contribution in [0.1, 0.15) is 31.2 Å². The van der Waals surface area contributed by atoms with Gasteiger partial charge in [-0.2, -0.15) is 0 Å². The number of hydrogen-bond donors (Lipinski definition) is 1. The molecule has 0 aliphatic rings. The molecular weight excluding hydrogens is 316 g/mol. The van der Waals surface area contributed by atoms with Gasteiger partial charge in [-0.05, 0) is 30.5 Å². The molecule has 0 radical (unpaired) electrons. The SMILES string of the molecule is COC(=O)CCCCCNC(=O)C=CC=Cc1ccc(N(C)C)cc1. The molecule has 1 amide bonds. The molecule has 0 aromatic heterocycles. The third-order valence-electron chi connectivity index (χ3n) is 3.64. The van der Waals surface area contributed by atoms with Crippen LogP contribution in [-0.2, 0) is 14.3 Å². The molecule has 0 bridgehead atoms. The van der Waals surface area contributed by atoms with Crippen LogP contribution in [-0.4, -0.2) is 39.6 Å². The summed E-state index contributed by atoms with van der Waals surface area (Å²) in [5, 5.41) is 2.82. The summed E-state index contributed by atoms with van der Waals surface area (Å²) in [6.07, 6.45) is 10.0. The summed E-state index contributed by atoms with van der Waals surface area (Å²) < 4.78 is 4.57. The van der Waals surface area contributed by atoms with Gasteiger partial charge in [0.1, 0.15) is 0 Å². The van der Waals surface area contributed by atoms with Gasteiger partial charge in [0.15, 0.2) is 0 Å². The van der Waals surface area contributed by atoms with Crippen molar-refractivity contribution < 1.29 is 14.3 Å². The first kappa shape index (κ1) is 20.5. The number of unbranched alkanes of at least 4 members (excludes halogenated alkanes) is 2. The molecule has 0 saturated heterocycles. The number of ether oxygens (including phenoxy) is 1. The highest BCUT2D eigenvalue weighted by atomic mass is 16.5. The fourth-order valence-corrected chi connectivity index (χ4v) is 2.14. The average Bonchev–Trinajstić information content (AvgIpc) is 2.61. The number of hydrogen-bond acceptors (Lipinski definition) is 4. The van der Waals surface area contributed by atoms with E-state index in [1.54, 1.807) is 6.08 Å². The fourth-order valence-electron chi connectivity index (χ4n) is 2.14. The highest BCUT2D eigenvalue weighted by Crippen LogP contribution is 2.13. The van der Waals surface area contributed by atoms with E-state index < -0.39 is 0 Å². The molecule has 0 fully saturated rings. The number of allylic oxidation sites excluding steroid dienone is 2. The zero-order valence-electron chi connectivity index (χ0n) is 15.3. The monoisotopic (exact) mass is 344 g/mol. The molecule has 1 aromatic rings. The summed E-state index contributed by atoms with van der Waals surface area (Å²) >= 11 is 0. The second-order valence-corrected chi connectivity index (χ2v) is 5.88. The first-order valence-corrected chi connectivity index (χ1v) is 8.49. The van der Waals surface area contributed by atoms with Crippen molar-refractivity contribution in [2.24, 2.45) is 0 Å². The minimum atomic E-state index is -0.185. The quantitative estimate of drug-likeness (QED) is 0.306. The lowest BCUT2D eigenvalue weighted by molar-refractivity contribution is -0.140. The molecule has 5 nitrogen and oxygen atoms in total. The fraction of sp³-hybridized carbons (Fsp3) is 0.400. The Balaban J connectivity index is 2.20. The Kier molecular flexibility index (Phi) is 9.75. The summed E-state index contributed by atoms with van der Waals surface area (Å²) in [7, 11) is 5.40. The van der Waals surface area contributed by atoms with Gasteiger partial charge < -0.3 is 15.0 Å². The van der Waals surface area contributed by atoms with E-state index in [0.29, 0.717) is 13.0 Å². The van der Waals surface area contributed by atoms with Crippen LogP contribution in [0.3, 0.4) is 0 Å². The van der Waals surface area contributed by atoms with Crippen molar-refractivity contribution in [3.63, 3.8) is 0 Å². The van der Waals surface area contributed by atoms with Crippen LogP contribution in [0, 0.1) is 0 Å². The molecule has 0 atom stereocenters. The molecule has 136 valence electrons. The molecular formula is C20H28N2O3. The normalized spacial score (nSPS) is 11.0. The van der Waals surface area contributed by atoms with Gasteiger partial charge in [-0.1, -0.05) is 36.8 Å². The molecule has 0 heterocycles. The van der Waals surface area contributed by atoms with Gasteiger partial charge in [-0.3, -0.25) is 9.59 Å². The third kappa shape index (κ3) is 9.35. The van der Waals surface area contributed by atoms with Crippen molar-refractivity contribution in [1.82, 2.24) is 5.32 Å². The Bertz CT molecular complexity index is 589. The van der Waals surface area contributed by atoms with Crippen LogP contribution in [0.5, 0.6) is 0 Å². The van der Waals surface area contributed by atoms with Gasteiger partial charge >= 0.3 is 5.97 Å². The molecule has 1 N–H and O–H groups in total. The maximum Gasteiger partial charge on any atom is 0.305 e. The van der Waals surface area contributed by atoms with Crippen molar-refractivity contribution in [1.29, 1.82) is 0 Å². The van der Waals surface area contributed by atoms with Gasteiger partial charge in [0.05, 0.1) is 7.11 Å². The van der Waals surface area contributed by atoms with E-state index in [0.717, 1.165) is 30.5 Å². The molecule has 0 spiro atoms. The maximum atomic E-state index is 11.6. The van der Waals surface area contributed by atoms with E-state index in [4.69, 9.17) is 0 Å². The Morgan fingerprint density at radius 2 is 1.80 bits per heavy atom. The molecule has 25 heavy (non-hydrogen) atoms. The lowest BCUT2D eigenvalue weighted by atomic mass is 10.2. The van der Waals surface area contributed by atoms with Gasteiger partial charge in [-0.15, -0.1) is 0 Å². The smallest absolute Gasteiger partial charge is 0.305 e. The van der Waals surface area contributed by atoms with Gasteiger partial charge in [0, 0.05) is 38.8 Å². The van der Waals surface area contributed by atoms with Crippen molar-refractivity contribution in [3.05, 3.63) is 48.1 Å². The number of amides is 1. The number of methoxy groups -OCH3 is 1. The first-order chi connectivity index (χ1) is 12.0. The molecule has 1 aromatic carbocycles. The summed E-state index contributed by atoms with van der Waals surface area (Å²) in [4.78, 5) is 24.6. The predicted octanol–water partition coefficient (Wildman–Crippen LogP) is 3.17. The highest BCUT2D eigenvalue weighted by molar-refractivity contribution is 5.87. The summed E-state index contributed by atoms with van der Waals surface area (Å²) in [6, 6.07) is 8.18. The van der Waals surface area contributed by atoms with Crippen LogP contribution < -0.4 is 10.2 Å². The van der Waals surface area contributed by atoms with Gasteiger partial charge in [0.25, 0.3) is 0 Å². The van der Waals surface area contributed by atoms with Crippen molar-refractivity contribution in [2.75, 3.05) is 32.6 Å². The molecule has 0 unspecified atom stereocenters. The number of benzene rings is 1. The largest absolute Gasteiger partial charge is 0.469 e. The second-order valence-electron chi connectivity index (χ2n) is 5.88. The number of carbonyl (C=O) groups excluding carboxylic acids is 2. The molecule has 5 heteroatoms. The number of anilines is 1. The predicted molar refractivity (Wildman–Crippen MR) is 102 cm³/mol. The van der Waals surface area contributed by atoms with Crippen molar-refractivity contribution in [2.45, 2.75) is 25.7 Å². The molecule has 0 aliphatic heterocycles. The standard InChI is InChI=1S/C20H28N2O3/c1-22(2)18-14-12-17(13-15-18)9-6-7-10-19(23)21-16-8-4-5-11-20(24)25-3/h6-7,9-10,12-15H,4-5,8,11,16H2,1-3H3,(H,21,23). The van der Waals surface area contributed by atoms with E-state index in [1.165, 1.54) is 13.2 Å². The van der Waals surface area contributed by atoms with Crippen molar-refractivity contribution in [3.8, 4) is 0 Å². The van der Waals surface area contributed by atoms with E-state index in [1.807, 2.05) is 43.3 Å². The van der Waals surface area contributed by atoms with Gasteiger partial charge in [-0.25, -0.2) is 0 Å². The zero-order valence-corrected chi connectivity index (χ0v) is 15.3. The number of esters is 1. The minimum Gasteiger partial charge on any atom is -0.469 e. The number of nitrogens with one attached hydrogen (secondary N) is 1. The average molecular weight is 344 g/mol. The van der Waals surface area contributed by atoms with Crippen LogP contribution in [0.25, 0.3) is 6.08 Å². The van der Waals surface area contributed by atoms with Crippen molar-refractivity contribution >= 4 is 23.6 Å². The van der Waals surface area contributed by atoms with E-state index >= 15 is 0 Å². The summed E-state index contributed by atoms with van der Waals surface area (Å²) in [5.74, 6) is -0.296. The van der Waals surface area contributed by atoms with E-state index in [9.17, 15) is 9.59 Å². The Hall–Kier alpha value is -2.56. The molecule has 0 aliphatic carbocycles. The maximum absolute atomic E-state index is 11.6. The van der Waals surface area contributed by atoms with Crippen LogP contribution in [0.15, 0.2) is 42.5 Å². The Labute approximate surface area is 150 Å². The second kappa shape index (κ2) is 11.9. The Morgan fingerprint density at radius 1 is 1.08 bits per heavy atom. The lowest BCUT2D eigenvalue weighted by Gasteiger charge is -2.11. The first-order valence-electron chi connectivity index (χ1n) is 8.49. The third-order valence-corrected chi connectivity index (χ3v) is 3.64. The number of rotatable bonds is 10. The highest BCUT2D eigenvalue weighted by Gasteiger charge is 1.99. The molecule has 0 saturated carbocycles. The van der Waals surface area contributed by atoms with Crippen LogP contribution in [0.2, 0.25) is 0 Å². The summed E-state index contributed by atoms with van der Waals surface area (Å²) in [5.41, 5.74) is 2.24. The van der Waals surface area contributed by atoms with E-state index in [2.05, 4.69) is 22.2 Å². The van der Waals surface area contributed by atoms with Gasteiger partial charge in [0.2, 0.25) is 5.91 Å². The molecule has 1 rings (SSSR count). The van der Waals surface area contributed by atoms with E-state index in [-0.39, 0.29) is 11.9 Å². The summed E-state index contributed by atoms with van der Waals surface area (Å²) in [6.45, 7) is 0.611. The topological polar surface area (TPSA) is 58.6 Å².